The maximum absolute atomic E-state index is 14.4. The number of ketones is 2. The number of allylic oxidation sites excluding steroid dienone is 1. The zero-order valence-electron chi connectivity index (χ0n) is 27.5. The first kappa shape index (κ1) is 35.2. The zero-order chi connectivity index (χ0) is 35.3. The Morgan fingerprint density at radius 3 is 1.84 bits per heavy atom. The van der Waals surface area contributed by atoms with Gasteiger partial charge in [-0.15, -0.1) is 0 Å². The van der Waals surface area contributed by atoms with Crippen LogP contribution in [0.5, 0.6) is 0 Å². The molecule has 0 saturated carbocycles. The highest BCUT2D eigenvalue weighted by atomic mass is 16.5. The normalized spacial score (nSPS) is 12.6. The van der Waals surface area contributed by atoms with Gasteiger partial charge in [0.25, 0.3) is 0 Å². The Kier molecular flexibility index (Phi) is 11.8. The Balaban J connectivity index is 1.55. The molecule has 2 unspecified atom stereocenters. The van der Waals surface area contributed by atoms with Crippen LogP contribution in [-0.2, 0) is 26.5 Å². The maximum atomic E-state index is 14.4. The first-order valence-electron chi connectivity index (χ1n) is 16.2. The molecule has 0 aliphatic carbocycles. The molecular weight excluding hydrogens is 632 g/mol. The van der Waals surface area contributed by atoms with Crippen LogP contribution < -0.4 is 10.6 Å². The second-order valence-electron chi connectivity index (χ2n) is 11.5. The summed E-state index contributed by atoms with van der Waals surface area (Å²) in [5.41, 5.74) is 2.31. The van der Waals surface area contributed by atoms with Crippen LogP contribution in [0, 0.1) is 0 Å². The number of carboxylic acid groups (broad SMARTS) is 1. The third-order valence-corrected chi connectivity index (χ3v) is 8.31. The number of hydrogen-bond acceptors (Lipinski definition) is 7. The molecule has 50 heavy (non-hydrogen) atoms. The Hall–Kier alpha value is -6.13. The summed E-state index contributed by atoms with van der Waals surface area (Å²) >= 11 is 0. The number of nitrogens with one attached hydrogen (secondary N) is 2. The van der Waals surface area contributed by atoms with E-state index in [1.807, 2.05) is 97.1 Å². The van der Waals surface area contributed by atoms with Crippen molar-refractivity contribution in [2.24, 2.45) is 0 Å². The van der Waals surface area contributed by atoms with Gasteiger partial charge in [0.05, 0.1) is 12.5 Å². The van der Waals surface area contributed by atoms with E-state index in [0.29, 0.717) is 5.56 Å². The van der Waals surface area contributed by atoms with E-state index in [0.717, 1.165) is 16.7 Å². The topological polar surface area (TPSA) is 140 Å². The summed E-state index contributed by atoms with van der Waals surface area (Å²) in [6.45, 7) is 1.75. The van der Waals surface area contributed by atoms with E-state index in [-0.39, 0.29) is 18.8 Å². The van der Waals surface area contributed by atoms with Crippen molar-refractivity contribution in [3.63, 3.8) is 0 Å². The van der Waals surface area contributed by atoms with Gasteiger partial charge in [0.1, 0.15) is 23.9 Å². The number of carboxylic acids is 1. The SMILES string of the molecule is CC=CCNC(C(=O)O)C(=O)C(CC(=O)c1cncn1C(c1ccccc1)(c1ccccc1)c1ccccc1)NC(=O)OCc1ccccc1. The predicted octanol–water partition coefficient (Wildman–Crippen LogP) is 5.78. The molecule has 5 rings (SSSR count). The van der Waals surface area contributed by atoms with E-state index in [1.54, 1.807) is 54.2 Å². The van der Waals surface area contributed by atoms with Gasteiger partial charge in [-0.05, 0) is 29.2 Å². The van der Waals surface area contributed by atoms with Crippen molar-refractivity contribution >= 4 is 23.6 Å². The highest BCUT2D eigenvalue weighted by Crippen LogP contribution is 2.41. The number of aromatic nitrogens is 2. The van der Waals surface area contributed by atoms with Gasteiger partial charge < -0.3 is 19.7 Å². The standard InChI is InChI=1S/C40H38N4O6/c1-2-3-24-42-36(38(47)48)37(46)33(43-39(49)50-27-29-16-8-4-9-17-29)25-35(45)34-26-41-28-44(34)40(30-18-10-5-11-19-30,31-20-12-6-13-21-31)32-22-14-7-15-23-32/h2-23,26,28,33,36,42H,24-25,27H2,1H3,(H,43,49)(H,47,48). The van der Waals surface area contributed by atoms with Crippen molar-refractivity contribution in [1.29, 1.82) is 0 Å². The Morgan fingerprint density at radius 1 is 0.820 bits per heavy atom. The molecule has 4 aromatic carbocycles. The number of aliphatic carboxylic acids is 1. The first-order chi connectivity index (χ1) is 24.4. The van der Waals surface area contributed by atoms with Crippen LogP contribution in [0.4, 0.5) is 4.79 Å². The number of hydrogen-bond donors (Lipinski definition) is 3. The maximum Gasteiger partial charge on any atom is 0.408 e. The minimum atomic E-state index is -1.71. The summed E-state index contributed by atoms with van der Waals surface area (Å²) in [5, 5.41) is 15.1. The molecule has 0 aliphatic heterocycles. The number of benzene rings is 4. The van der Waals surface area contributed by atoms with Crippen LogP contribution in [0.3, 0.4) is 0 Å². The molecule has 3 N–H and O–H groups in total. The molecule has 10 nitrogen and oxygen atoms in total. The van der Waals surface area contributed by atoms with Crippen molar-refractivity contribution in [3.05, 3.63) is 174 Å². The number of imidazole rings is 1. The summed E-state index contributed by atoms with van der Waals surface area (Å²) in [6.07, 6.45) is 4.81. The smallest absolute Gasteiger partial charge is 0.408 e. The number of carbonyl (C=O) groups excluding carboxylic acids is 3. The third kappa shape index (κ3) is 7.94. The molecule has 0 spiro atoms. The van der Waals surface area contributed by atoms with Crippen LogP contribution in [0.15, 0.2) is 146 Å². The van der Waals surface area contributed by atoms with Crippen molar-refractivity contribution in [2.75, 3.05) is 6.54 Å². The molecular formula is C40H38N4O6. The van der Waals surface area contributed by atoms with E-state index in [9.17, 15) is 24.3 Å². The molecule has 2 atom stereocenters. The minimum Gasteiger partial charge on any atom is -0.480 e. The number of amides is 1. The van der Waals surface area contributed by atoms with Crippen LogP contribution in [0.25, 0.3) is 0 Å². The summed E-state index contributed by atoms with van der Waals surface area (Å²) in [6, 6.07) is 34.7. The van der Waals surface area contributed by atoms with Crippen LogP contribution in [0.2, 0.25) is 0 Å². The van der Waals surface area contributed by atoms with Gasteiger partial charge >= 0.3 is 12.1 Å². The second kappa shape index (κ2) is 16.8. The van der Waals surface area contributed by atoms with Gasteiger partial charge in [0.2, 0.25) is 0 Å². The number of Topliss-reactive ketones (excluding diaryl/α,β-unsaturated/α-hetero) is 2. The van der Waals surface area contributed by atoms with Gasteiger partial charge in [-0.25, -0.2) is 9.78 Å². The number of rotatable bonds is 16. The molecule has 5 aromatic rings. The summed E-state index contributed by atoms with van der Waals surface area (Å²) < 4.78 is 7.13. The molecule has 254 valence electrons. The minimum absolute atomic E-state index is 0.0822. The zero-order valence-corrected chi connectivity index (χ0v) is 27.5. The number of ether oxygens (including phenoxy) is 1. The van der Waals surface area contributed by atoms with E-state index < -0.39 is 47.7 Å². The van der Waals surface area contributed by atoms with E-state index in [4.69, 9.17) is 4.74 Å². The molecule has 0 fully saturated rings. The van der Waals surface area contributed by atoms with Gasteiger partial charge in [0.15, 0.2) is 17.6 Å². The third-order valence-electron chi connectivity index (χ3n) is 8.31. The highest BCUT2D eigenvalue weighted by molar-refractivity contribution is 6.08. The van der Waals surface area contributed by atoms with Crippen LogP contribution >= 0.6 is 0 Å². The molecule has 1 heterocycles. The van der Waals surface area contributed by atoms with E-state index in [2.05, 4.69) is 15.6 Å². The van der Waals surface area contributed by atoms with Crippen molar-refractivity contribution in [1.82, 2.24) is 20.2 Å². The number of carbonyl (C=O) groups is 4. The molecule has 1 amide bonds. The number of alkyl carbamates (subject to hydrolysis) is 1. The summed E-state index contributed by atoms with van der Waals surface area (Å²) in [5.74, 6) is -2.90. The summed E-state index contributed by atoms with van der Waals surface area (Å²) in [4.78, 5) is 57.9. The fourth-order valence-corrected chi connectivity index (χ4v) is 5.96. The molecule has 0 saturated heterocycles. The lowest BCUT2D eigenvalue weighted by atomic mass is 9.76. The fraction of sp³-hybridized carbons (Fsp3) is 0.175. The molecule has 0 radical (unpaired) electrons. The lowest BCUT2D eigenvalue weighted by Gasteiger charge is -2.38. The number of nitrogens with zero attached hydrogens (tertiary/aromatic N) is 2. The Morgan fingerprint density at radius 2 is 1.34 bits per heavy atom. The van der Waals surface area contributed by atoms with E-state index in [1.165, 1.54) is 6.20 Å². The molecule has 10 heteroatoms. The van der Waals surface area contributed by atoms with Gasteiger partial charge in [0, 0.05) is 13.0 Å². The van der Waals surface area contributed by atoms with Gasteiger partial charge in [-0.2, -0.15) is 0 Å². The average Bonchev–Trinajstić information content (AvgIpc) is 3.64. The molecule has 0 aliphatic rings. The van der Waals surface area contributed by atoms with Crippen molar-refractivity contribution in [2.45, 2.75) is 37.6 Å². The monoisotopic (exact) mass is 670 g/mol. The Labute approximate surface area is 290 Å². The van der Waals surface area contributed by atoms with E-state index >= 15 is 0 Å². The highest BCUT2D eigenvalue weighted by Gasteiger charge is 2.41. The lowest BCUT2D eigenvalue weighted by molar-refractivity contribution is -0.144. The lowest BCUT2D eigenvalue weighted by Crippen LogP contribution is -2.54. The average molecular weight is 671 g/mol. The van der Waals surface area contributed by atoms with Crippen LogP contribution in [-0.4, -0.2) is 56.9 Å². The predicted molar refractivity (Wildman–Crippen MR) is 189 cm³/mol. The first-order valence-corrected chi connectivity index (χ1v) is 16.2. The molecule has 1 aromatic heterocycles. The van der Waals surface area contributed by atoms with Crippen molar-refractivity contribution in [3.8, 4) is 0 Å². The quantitative estimate of drug-likeness (QED) is 0.0520. The Bertz CT molecular complexity index is 1810. The fourth-order valence-electron chi connectivity index (χ4n) is 5.96. The van der Waals surface area contributed by atoms with Crippen molar-refractivity contribution < 1.29 is 29.0 Å². The van der Waals surface area contributed by atoms with Gasteiger partial charge in [-0.1, -0.05) is 133 Å². The van der Waals surface area contributed by atoms with Gasteiger partial charge in [-0.3, -0.25) is 19.7 Å². The van der Waals surface area contributed by atoms with Crippen LogP contribution in [0.1, 0.15) is 46.1 Å². The largest absolute Gasteiger partial charge is 0.480 e. The molecule has 0 bridgehead atoms. The second-order valence-corrected chi connectivity index (χ2v) is 11.5. The summed E-state index contributed by atoms with van der Waals surface area (Å²) in [7, 11) is 0.